The fourth-order valence-corrected chi connectivity index (χ4v) is 3.74. The Labute approximate surface area is 142 Å². The van der Waals surface area contributed by atoms with Gasteiger partial charge < -0.3 is 21.9 Å². The van der Waals surface area contributed by atoms with Gasteiger partial charge in [0.1, 0.15) is 0 Å². The summed E-state index contributed by atoms with van der Waals surface area (Å²) in [4.78, 5) is 2.29. The Morgan fingerprint density at radius 3 is 2.55 bits per heavy atom. The van der Waals surface area contributed by atoms with Crippen LogP contribution in [0.1, 0.15) is 44.8 Å². The lowest BCUT2D eigenvalue weighted by Crippen LogP contribution is -3.00. The van der Waals surface area contributed by atoms with E-state index in [-0.39, 0.29) is 13.8 Å². The van der Waals surface area contributed by atoms with Crippen LogP contribution in [0.4, 0.5) is 0 Å². The van der Waals surface area contributed by atoms with Crippen molar-refractivity contribution in [2.45, 2.75) is 51.5 Å². The molecule has 0 aliphatic heterocycles. The van der Waals surface area contributed by atoms with Gasteiger partial charge in [0, 0.05) is 23.1 Å². The number of hydrogen-bond acceptors (Lipinski definition) is 1. The van der Waals surface area contributed by atoms with Gasteiger partial charge in [-0.2, -0.15) is 0 Å². The second-order valence-electron chi connectivity index (χ2n) is 6.67. The van der Waals surface area contributed by atoms with E-state index in [0.29, 0.717) is 0 Å². The molecule has 3 rings (SSSR count). The van der Waals surface area contributed by atoms with E-state index in [1.807, 2.05) is 0 Å². The summed E-state index contributed by atoms with van der Waals surface area (Å²) in [7, 11) is 4.33. The Hall–Kier alpha value is -0.990. The highest BCUT2D eigenvalue weighted by Gasteiger charge is 2.17. The minimum Gasteiger partial charge on any atom is -1.00 e. The van der Waals surface area contributed by atoms with Crippen LogP contribution in [0.25, 0.3) is 10.9 Å². The molecule has 3 heteroatoms. The van der Waals surface area contributed by atoms with E-state index < -0.39 is 0 Å². The number of hydrogen-bond donors (Lipinski definition) is 0. The molecule has 22 heavy (non-hydrogen) atoms. The molecule has 122 valence electrons. The molecule has 1 aromatic carbocycles. The Kier molecular flexibility index (Phi) is 6.34. The van der Waals surface area contributed by atoms with Crippen LogP contribution in [0, 0.1) is 0 Å². The van der Waals surface area contributed by atoms with Crippen LogP contribution in [0.3, 0.4) is 0 Å². The van der Waals surface area contributed by atoms with Crippen LogP contribution < -0.4 is 12.4 Å². The highest BCUT2D eigenvalue weighted by molar-refractivity contribution is 5.85. The second-order valence-corrected chi connectivity index (χ2v) is 6.67. The normalized spacial score (nSPS) is 15.2. The fraction of sp³-hybridized carbons (Fsp3) is 0.579. The van der Waals surface area contributed by atoms with E-state index in [2.05, 4.69) is 47.8 Å². The van der Waals surface area contributed by atoms with Crippen LogP contribution in [0.15, 0.2) is 24.3 Å². The first-order chi connectivity index (χ1) is 10.3. The van der Waals surface area contributed by atoms with Crippen molar-refractivity contribution < 1.29 is 13.8 Å². The van der Waals surface area contributed by atoms with Crippen molar-refractivity contribution >= 4 is 10.9 Å². The Bertz CT molecular complexity index is 607. The van der Waals surface area contributed by atoms with Gasteiger partial charge in [-0.25, -0.2) is 0 Å². The molecule has 1 aromatic heterocycles. The number of para-hydroxylation sites is 1. The number of rotatable bonds is 4. The Balaban J connectivity index is 0.00000132. The lowest BCUT2D eigenvalue weighted by Gasteiger charge is -2.16. The van der Waals surface area contributed by atoms with Crippen LogP contribution in [-0.4, -0.2) is 30.1 Å². The molecule has 0 spiro atoms. The molecule has 0 fully saturated rings. The molecular weight excluding hydrogens is 292 g/mol. The molecule has 0 atom stereocenters. The van der Waals surface area contributed by atoms with Gasteiger partial charge in [-0.1, -0.05) is 31.0 Å². The molecule has 0 radical (unpaired) electrons. The van der Waals surface area contributed by atoms with E-state index in [1.54, 1.807) is 11.3 Å². The largest absolute Gasteiger partial charge is 1.00 e. The zero-order valence-corrected chi connectivity index (χ0v) is 14.7. The number of fused-ring (bicyclic) bond motifs is 3. The molecule has 0 bridgehead atoms. The fourth-order valence-electron chi connectivity index (χ4n) is 3.74. The third-order valence-corrected chi connectivity index (χ3v) is 4.77. The lowest BCUT2D eigenvalue weighted by molar-refractivity contribution is -0.00000443. The molecule has 0 saturated heterocycles. The van der Waals surface area contributed by atoms with Crippen molar-refractivity contribution in [1.29, 1.82) is 0 Å². The van der Waals surface area contributed by atoms with Gasteiger partial charge in [-0.3, -0.25) is 0 Å². The number of halogens is 1. The van der Waals surface area contributed by atoms with E-state index in [0.717, 1.165) is 6.54 Å². The minimum absolute atomic E-state index is 0. The zero-order chi connectivity index (χ0) is 14.7. The summed E-state index contributed by atoms with van der Waals surface area (Å²) in [5.41, 5.74) is 4.74. The molecule has 1 aliphatic rings. The number of aryl methyl sites for hydroxylation is 2. The molecule has 2 nitrogen and oxygen atoms in total. The SMILES string of the molecule is CN(C)CCCn1c2c(c3ccccc31)CCCCCC2.[Cl-].[H+]. The van der Waals surface area contributed by atoms with Gasteiger partial charge in [0.25, 0.3) is 0 Å². The summed E-state index contributed by atoms with van der Waals surface area (Å²) in [5.74, 6) is 0. The monoisotopic (exact) mass is 320 g/mol. The number of nitrogens with zero attached hydrogens (tertiary/aromatic N) is 2. The predicted molar refractivity (Wildman–Crippen MR) is 92.1 cm³/mol. The maximum atomic E-state index is 2.62. The van der Waals surface area contributed by atoms with Crippen molar-refractivity contribution in [3.8, 4) is 0 Å². The third kappa shape index (κ3) is 3.67. The van der Waals surface area contributed by atoms with Crippen LogP contribution in [0.5, 0.6) is 0 Å². The number of benzene rings is 1. The average Bonchev–Trinajstić information content (AvgIpc) is 2.71. The first-order valence-electron chi connectivity index (χ1n) is 8.51. The second kappa shape index (κ2) is 8.03. The van der Waals surface area contributed by atoms with Crippen LogP contribution >= 0.6 is 0 Å². The van der Waals surface area contributed by atoms with Crippen LogP contribution in [-0.2, 0) is 19.4 Å². The summed E-state index contributed by atoms with van der Waals surface area (Å²) in [6, 6.07) is 9.04. The summed E-state index contributed by atoms with van der Waals surface area (Å²) >= 11 is 0. The molecule has 0 N–H and O–H groups in total. The maximum absolute atomic E-state index is 2.62. The summed E-state index contributed by atoms with van der Waals surface area (Å²) < 4.78 is 2.62. The van der Waals surface area contributed by atoms with Crippen LogP contribution in [0.2, 0.25) is 0 Å². The van der Waals surface area contributed by atoms with E-state index >= 15 is 0 Å². The molecule has 2 aromatic rings. The third-order valence-electron chi connectivity index (χ3n) is 4.77. The van der Waals surface area contributed by atoms with Gasteiger partial charge >= 0.3 is 1.43 Å². The standard InChI is InChI=1S/C19H28N2.ClH/c1-20(2)14-9-15-21-18-12-6-4-3-5-10-16(18)17-11-7-8-13-19(17)21;/h7-8,11,13H,3-6,9-10,12,14-15H2,1-2H3;1H. The Morgan fingerprint density at radius 2 is 1.77 bits per heavy atom. The predicted octanol–water partition coefficient (Wildman–Crippen LogP) is 1.37. The Morgan fingerprint density at radius 1 is 1.05 bits per heavy atom. The lowest BCUT2D eigenvalue weighted by atomic mass is 9.97. The maximum Gasteiger partial charge on any atom is 1.00 e. The van der Waals surface area contributed by atoms with Gasteiger partial charge in [-0.15, -0.1) is 0 Å². The molecule has 0 amide bonds. The molecular formula is C19H29ClN2. The highest BCUT2D eigenvalue weighted by Crippen LogP contribution is 2.31. The van der Waals surface area contributed by atoms with E-state index in [4.69, 9.17) is 0 Å². The van der Waals surface area contributed by atoms with Gasteiger partial charge in [-0.05, 0) is 64.4 Å². The summed E-state index contributed by atoms with van der Waals surface area (Å²) in [6.45, 7) is 2.33. The van der Waals surface area contributed by atoms with E-state index in [1.165, 1.54) is 62.4 Å². The highest BCUT2D eigenvalue weighted by atomic mass is 35.5. The molecule has 0 unspecified atom stereocenters. The minimum atomic E-state index is 0. The summed E-state index contributed by atoms with van der Waals surface area (Å²) in [5, 5.41) is 1.51. The molecule has 0 saturated carbocycles. The van der Waals surface area contributed by atoms with Gasteiger partial charge in [0.15, 0.2) is 0 Å². The smallest absolute Gasteiger partial charge is 1.00 e. The van der Waals surface area contributed by atoms with Gasteiger partial charge in [0.2, 0.25) is 0 Å². The quantitative estimate of drug-likeness (QED) is 0.826. The first-order valence-corrected chi connectivity index (χ1v) is 8.51. The molecule has 1 aliphatic carbocycles. The summed E-state index contributed by atoms with van der Waals surface area (Å²) in [6.07, 6.45) is 9.30. The van der Waals surface area contributed by atoms with Crippen molar-refractivity contribution in [3.63, 3.8) is 0 Å². The number of aromatic nitrogens is 1. The molecule has 1 heterocycles. The van der Waals surface area contributed by atoms with Crippen molar-refractivity contribution in [3.05, 3.63) is 35.5 Å². The first kappa shape index (κ1) is 17.4. The van der Waals surface area contributed by atoms with Crippen molar-refractivity contribution in [2.24, 2.45) is 0 Å². The topological polar surface area (TPSA) is 8.17 Å². The van der Waals surface area contributed by atoms with Gasteiger partial charge in [0.05, 0.1) is 0 Å². The van der Waals surface area contributed by atoms with E-state index in [9.17, 15) is 0 Å². The zero-order valence-electron chi connectivity index (χ0n) is 14.9. The van der Waals surface area contributed by atoms with Crippen molar-refractivity contribution in [2.75, 3.05) is 20.6 Å². The average molecular weight is 321 g/mol. The van der Waals surface area contributed by atoms with Crippen molar-refractivity contribution in [1.82, 2.24) is 9.47 Å².